The Balaban J connectivity index is 2.34. The van der Waals surface area contributed by atoms with Crippen LogP contribution in [0.1, 0.15) is 5.76 Å². The van der Waals surface area contributed by atoms with Crippen LogP contribution in [0, 0.1) is 0 Å². The highest BCUT2D eigenvalue weighted by molar-refractivity contribution is 5.79. The Labute approximate surface area is 74.9 Å². The van der Waals surface area contributed by atoms with Crippen molar-refractivity contribution in [3.8, 4) is 0 Å². The lowest BCUT2D eigenvalue weighted by Gasteiger charge is -1.86. The summed E-state index contributed by atoms with van der Waals surface area (Å²) < 4.78 is 5.00. The van der Waals surface area contributed by atoms with E-state index in [-0.39, 0.29) is 0 Å². The van der Waals surface area contributed by atoms with E-state index in [0.29, 0.717) is 5.76 Å². The van der Waals surface area contributed by atoms with Crippen molar-refractivity contribution in [2.24, 2.45) is 10.8 Å². The van der Waals surface area contributed by atoms with Gasteiger partial charge in [-0.2, -0.15) is 5.10 Å². The van der Waals surface area contributed by atoms with Crippen molar-refractivity contribution in [2.45, 2.75) is 0 Å². The number of hydrogen-bond acceptors (Lipinski definition) is 3. The summed E-state index contributed by atoms with van der Waals surface area (Å²) in [6, 6.07) is 2.88. The van der Waals surface area contributed by atoms with Crippen LogP contribution in [0.4, 0.5) is 4.79 Å². The number of rotatable bonds is 3. The molecule has 0 aliphatic rings. The first kappa shape index (κ1) is 9.05. The zero-order valence-corrected chi connectivity index (χ0v) is 6.81. The molecule has 0 radical (unpaired) electrons. The van der Waals surface area contributed by atoms with Gasteiger partial charge in [0.2, 0.25) is 0 Å². The molecule has 0 saturated heterocycles. The van der Waals surface area contributed by atoms with Crippen LogP contribution in [0.25, 0.3) is 6.08 Å². The Morgan fingerprint density at radius 2 is 2.54 bits per heavy atom. The molecule has 2 amide bonds. The number of carbonyl (C=O) groups is 1. The lowest BCUT2D eigenvalue weighted by molar-refractivity contribution is 0.249. The van der Waals surface area contributed by atoms with Gasteiger partial charge in [-0.05, 0) is 24.3 Å². The highest BCUT2D eigenvalue weighted by Gasteiger charge is 1.84. The van der Waals surface area contributed by atoms with Crippen LogP contribution in [0.15, 0.2) is 34.0 Å². The monoisotopic (exact) mass is 179 g/mol. The van der Waals surface area contributed by atoms with Gasteiger partial charge in [0, 0.05) is 6.21 Å². The number of amides is 2. The van der Waals surface area contributed by atoms with E-state index in [1.54, 1.807) is 30.5 Å². The van der Waals surface area contributed by atoms with Crippen LogP contribution in [0.3, 0.4) is 0 Å². The predicted octanol–water partition coefficient (Wildman–Crippen LogP) is 0.947. The molecule has 1 aromatic rings. The summed E-state index contributed by atoms with van der Waals surface area (Å²) in [5.74, 6) is 0.713. The zero-order chi connectivity index (χ0) is 9.52. The molecule has 0 fully saturated rings. The van der Waals surface area contributed by atoms with Crippen LogP contribution in [0.5, 0.6) is 0 Å². The molecule has 1 aromatic heterocycles. The fraction of sp³-hybridized carbons (Fsp3) is 0. The van der Waals surface area contributed by atoms with Crippen molar-refractivity contribution in [1.82, 2.24) is 5.43 Å². The van der Waals surface area contributed by atoms with E-state index >= 15 is 0 Å². The minimum Gasteiger partial charge on any atom is -0.465 e. The maximum absolute atomic E-state index is 10.1. The molecule has 0 aliphatic carbocycles. The number of nitrogens with one attached hydrogen (secondary N) is 1. The van der Waals surface area contributed by atoms with Gasteiger partial charge < -0.3 is 10.2 Å². The SMILES string of the molecule is NC(=O)N/N=C\C=C\c1ccco1. The van der Waals surface area contributed by atoms with Gasteiger partial charge in [0.1, 0.15) is 5.76 Å². The average Bonchev–Trinajstić information content (AvgIpc) is 2.55. The normalized spacial score (nSPS) is 11.1. The van der Waals surface area contributed by atoms with Crippen LogP contribution in [-0.2, 0) is 0 Å². The second kappa shape index (κ2) is 4.76. The molecule has 68 valence electrons. The topological polar surface area (TPSA) is 80.6 Å². The molecule has 5 nitrogen and oxygen atoms in total. The lowest BCUT2D eigenvalue weighted by Crippen LogP contribution is -2.24. The van der Waals surface area contributed by atoms with Crippen LogP contribution >= 0.6 is 0 Å². The molecule has 1 heterocycles. The Morgan fingerprint density at radius 1 is 1.69 bits per heavy atom. The van der Waals surface area contributed by atoms with Gasteiger partial charge >= 0.3 is 6.03 Å². The molecular weight excluding hydrogens is 170 g/mol. The van der Waals surface area contributed by atoms with Crippen LogP contribution in [-0.4, -0.2) is 12.2 Å². The smallest absolute Gasteiger partial charge is 0.332 e. The molecular formula is C8H9N3O2. The van der Waals surface area contributed by atoms with Crippen molar-refractivity contribution in [2.75, 3.05) is 0 Å². The van der Waals surface area contributed by atoms with E-state index in [1.807, 2.05) is 0 Å². The fourth-order valence-electron chi connectivity index (χ4n) is 0.668. The number of allylic oxidation sites excluding steroid dienone is 1. The second-order valence-corrected chi connectivity index (χ2v) is 2.13. The van der Waals surface area contributed by atoms with Crippen molar-refractivity contribution in [1.29, 1.82) is 0 Å². The quantitative estimate of drug-likeness (QED) is 0.535. The van der Waals surface area contributed by atoms with Crippen molar-refractivity contribution in [3.05, 3.63) is 30.2 Å². The Morgan fingerprint density at radius 3 is 3.15 bits per heavy atom. The standard InChI is InChI=1S/C8H9N3O2/c9-8(12)11-10-5-1-3-7-4-2-6-13-7/h1-6H,(H3,9,11,12)/b3-1+,10-5-. The minimum absolute atomic E-state index is 0.692. The molecule has 0 unspecified atom stereocenters. The summed E-state index contributed by atoms with van der Waals surface area (Å²) in [5, 5.41) is 3.49. The molecule has 1 rings (SSSR count). The van der Waals surface area contributed by atoms with Gasteiger partial charge in [-0.25, -0.2) is 10.2 Å². The van der Waals surface area contributed by atoms with Gasteiger partial charge in [0.05, 0.1) is 6.26 Å². The van der Waals surface area contributed by atoms with E-state index in [1.165, 1.54) is 6.21 Å². The highest BCUT2D eigenvalue weighted by Crippen LogP contribution is 2.00. The highest BCUT2D eigenvalue weighted by atomic mass is 16.3. The molecule has 0 saturated carbocycles. The summed E-state index contributed by atoms with van der Waals surface area (Å²) in [6.45, 7) is 0. The van der Waals surface area contributed by atoms with Gasteiger partial charge in [0.25, 0.3) is 0 Å². The third-order valence-electron chi connectivity index (χ3n) is 1.14. The van der Waals surface area contributed by atoms with Crippen molar-refractivity contribution >= 4 is 18.3 Å². The maximum Gasteiger partial charge on any atom is 0.332 e. The summed E-state index contributed by atoms with van der Waals surface area (Å²) >= 11 is 0. The van der Waals surface area contributed by atoms with Gasteiger partial charge in [-0.3, -0.25) is 0 Å². The van der Waals surface area contributed by atoms with E-state index in [0.717, 1.165) is 0 Å². The first-order valence-corrected chi connectivity index (χ1v) is 3.58. The minimum atomic E-state index is -0.692. The molecule has 13 heavy (non-hydrogen) atoms. The molecule has 5 heteroatoms. The van der Waals surface area contributed by atoms with Crippen LogP contribution < -0.4 is 11.2 Å². The van der Waals surface area contributed by atoms with E-state index in [2.05, 4.69) is 10.5 Å². The summed E-state index contributed by atoms with van der Waals surface area (Å²) in [6.07, 6.45) is 6.28. The number of urea groups is 1. The fourth-order valence-corrected chi connectivity index (χ4v) is 0.668. The Hall–Kier alpha value is -2.04. The van der Waals surface area contributed by atoms with E-state index < -0.39 is 6.03 Å². The predicted molar refractivity (Wildman–Crippen MR) is 49.0 cm³/mol. The lowest BCUT2D eigenvalue weighted by atomic mass is 10.4. The summed E-state index contributed by atoms with van der Waals surface area (Å²) in [7, 11) is 0. The molecule has 0 atom stereocenters. The summed E-state index contributed by atoms with van der Waals surface area (Å²) in [4.78, 5) is 10.1. The molecule has 0 aromatic carbocycles. The third-order valence-corrected chi connectivity index (χ3v) is 1.14. The van der Waals surface area contributed by atoms with Gasteiger partial charge in [-0.1, -0.05) is 0 Å². The van der Waals surface area contributed by atoms with E-state index in [4.69, 9.17) is 10.2 Å². The molecule has 0 aliphatic heterocycles. The second-order valence-electron chi connectivity index (χ2n) is 2.13. The Bertz CT molecular complexity index is 314. The zero-order valence-electron chi connectivity index (χ0n) is 6.81. The Kier molecular flexibility index (Phi) is 3.31. The van der Waals surface area contributed by atoms with E-state index in [9.17, 15) is 4.79 Å². The first-order valence-electron chi connectivity index (χ1n) is 3.58. The van der Waals surface area contributed by atoms with Crippen molar-refractivity contribution < 1.29 is 9.21 Å². The summed E-state index contributed by atoms with van der Waals surface area (Å²) in [5.41, 5.74) is 6.81. The van der Waals surface area contributed by atoms with Gasteiger partial charge in [-0.15, -0.1) is 0 Å². The number of nitrogens with two attached hydrogens (primary N) is 1. The average molecular weight is 179 g/mol. The number of nitrogens with zero attached hydrogens (tertiary/aromatic N) is 1. The molecule has 3 N–H and O–H groups in total. The largest absolute Gasteiger partial charge is 0.465 e. The number of primary amides is 1. The number of furan rings is 1. The number of hydrazone groups is 1. The number of carbonyl (C=O) groups excluding carboxylic acids is 1. The van der Waals surface area contributed by atoms with Crippen LogP contribution in [0.2, 0.25) is 0 Å². The number of hydrogen-bond donors (Lipinski definition) is 2. The van der Waals surface area contributed by atoms with Crippen molar-refractivity contribution in [3.63, 3.8) is 0 Å². The third kappa shape index (κ3) is 3.76. The molecule has 0 bridgehead atoms. The maximum atomic E-state index is 10.1. The first-order chi connectivity index (χ1) is 6.29. The van der Waals surface area contributed by atoms with Gasteiger partial charge in [0.15, 0.2) is 0 Å². The molecule has 0 spiro atoms.